The van der Waals surface area contributed by atoms with Crippen LogP contribution in [0.1, 0.15) is 0 Å². The summed E-state index contributed by atoms with van der Waals surface area (Å²) in [7, 11) is -20.8. The lowest BCUT2D eigenvalue weighted by Gasteiger charge is -2.39. The number of benzene rings is 3. The first-order valence-electron chi connectivity index (χ1n) is 8.71. The molecule has 0 atom stereocenters. The van der Waals surface area contributed by atoms with Gasteiger partial charge in [-0.05, 0) is 24.3 Å². The monoisotopic (exact) mass is 562 g/mol. The van der Waals surface area contributed by atoms with E-state index in [4.69, 9.17) is 9.47 Å². The van der Waals surface area contributed by atoms with Crippen molar-refractivity contribution in [1.82, 2.24) is 0 Å². The summed E-state index contributed by atoms with van der Waals surface area (Å²) in [4.78, 5) is 0. The third-order valence-corrected chi connectivity index (χ3v) is 4.50. The number of para-hydroxylation sites is 4. The van der Waals surface area contributed by atoms with Crippen molar-refractivity contribution in [2.75, 3.05) is 0 Å². The predicted molar refractivity (Wildman–Crippen MR) is 109 cm³/mol. The van der Waals surface area contributed by atoms with Gasteiger partial charge in [0.1, 0.15) is 17.2 Å². The van der Waals surface area contributed by atoms with Crippen molar-refractivity contribution in [3.63, 3.8) is 0 Å². The van der Waals surface area contributed by atoms with E-state index in [9.17, 15) is 44.0 Å². The number of ether oxygens (including phenoxy) is 2. The van der Waals surface area contributed by atoms with Crippen LogP contribution in [0.3, 0.4) is 0 Å². The summed E-state index contributed by atoms with van der Waals surface area (Å²) in [6.45, 7) is 0. The summed E-state index contributed by atoms with van der Waals surface area (Å²) in [6, 6.07) is 9.05. The number of rotatable bonds is 8. The van der Waals surface area contributed by atoms with Gasteiger partial charge in [0.15, 0.2) is 23.0 Å². The van der Waals surface area contributed by atoms with Gasteiger partial charge in [-0.3, -0.25) is 0 Å². The van der Waals surface area contributed by atoms with Crippen molar-refractivity contribution in [3.8, 4) is 40.2 Å². The largest absolute Gasteiger partial charge is 0.508 e. The van der Waals surface area contributed by atoms with E-state index in [-0.39, 0.29) is 0 Å². The Balaban J connectivity index is 1.92. The zero-order chi connectivity index (χ0) is 26.5. The van der Waals surface area contributed by atoms with Crippen molar-refractivity contribution in [2.45, 2.75) is 0 Å². The topological polar surface area (TPSA) is 57.2 Å². The molecule has 0 radical (unpaired) electrons. The van der Waals surface area contributed by atoms with Crippen LogP contribution < -0.4 is 17.8 Å². The number of halogens is 10. The Morgan fingerprint density at radius 3 is 1.11 bits per heavy atom. The van der Waals surface area contributed by atoms with Crippen molar-refractivity contribution in [3.05, 3.63) is 66.7 Å². The highest BCUT2D eigenvalue weighted by Gasteiger charge is 2.68. The van der Waals surface area contributed by atoms with Crippen molar-refractivity contribution in [1.29, 1.82) is 0 Å². The van der Waals surface area contributed by atoms with Crippen LogP contribution in [0.4, 0.5) is 38.9 Å². The molecule has 0 aliphatic heterocycles. The number of aromatic hydroxyl groups is 1. The zero-order valence-electron chi connectivity index (χ0n) is 16.5. The highest BCUT2D eigenvalue weighted by Crippen LogP contribution is 2.98. The second kappa shape index (κ2) is 6.87. The van der Waals surface area contributed by atoms with E-state index in [1.807, 2.05) is 0 Å². The van der Waals surface area contributed by atoms with Gasteiger partial charge >= 0.3 is 21.0 Å². The van der Waals surface area contributed by atoms with E-state index >= 15 is 0 Å². The minimum Gasteiger partial charge on any atom is -0.508 e. The van der Waals surface area contributed by atoms with Crippen LogP contribution >= 0.6 is 21.0 Å². The molecule has 3 aromatic rings. The number of phenolic OH excluding ortho intramolecular Hbond substituents is 1. The fourth-order valence-corrected chi connectivity index (χ4v) is 3.43. The fourth-order valence-electron chi connectivity index (χ4n) is 2.47. The first kappa shape index (κ1) is 26.3. The van der Waals surface area contributed by atoms with Gasteiger partial charge in [-0.15, -0.1) is 0 Å². The summed E-state index contributed by atoms with van der Waals surface area (Å²) in [5.41, 5.74) is 0. The number of hydrogen-bond acceptors (Lipinski definition) is 5. The van der Waals surface area contributed by atoms with Gasteiger partial charge in [-0.2, -0.15) is 0 Å². The summed E-state index contributed by atoms with van der Waals surface area (Å²) in [5.74, 6) is -6.47. The van der Waals surface area contributed by atoms with E-state index in [1.165, 1.54) is 0 Å². The first-order valence-corrected chi connectivity index (χ1v) is 12.5. The number of hydrogen-bond donors (Lipinski definition) is 1. The quantitative estimate of drug-likeness (QED) is 0.277. The Morgan fingerprint density at radius 2 is 0.800 bits per heavy atom. The standard InChI is InChI=1S/C18H12F10O5S2/c19-34(20,21,22,23)32-17-7-3-1-5-15(17)30-13-9-12(29)10-14(11-13)31-16-6-2-4-8-18(16)33-35(24,25,26,27)28/h1-11,29H. The predicted octanol–water partition coefficient (Wildman–Crippen LogP) is 10.2. The van der Waals surface area contributed by atoms with Crippen LogP contribution in [0, 0.1) is 0 Å². The molecule has 17 heteroatoms. The Bertz CT molecular complexity index is 1190. The Kier molecular flexibility index (Phi) is 5.16. The van der Waals surface area contributed by atoms with Gasteiger partial charge in [-0.25, -0.2) is 0 Å². The molecule has 0 unspecified atom stereocenters. The molecular formula is C18H12F10O5S2. The maximum atomic E-state index is 12.7. The van der Waals surface area contributed by atoms with Crippen molar-refractivity contribution >= 4 is 21.0 Å². The molecule has 0 amide bonds. The average Bonchev–Trinajstić information content (AvgIpc) is 2.60. The molecule has 0 aliphatic carbocycles. The van der Waals surface area contributed by atoms with E-state index in [0.29, 0.717) is 12.1 Å². The highest BCUT2D eigenvalue weighted by atomic mass is 32.5. The third-order valence-electron chi connectivity index (χ3n) is 3.51. The van der Waals surface area contributed by atoms with Crippen LogP contribution in [0.5, 0.6) is 40.2 Å². The molecule has 196 valence electrons. The number of phenols is 1. The van der Waals surface area contributed by atoms with Gasteiger partial charge < -0.3 is 22.9 Å². The van der Waals surface area contributed by atoms with Crippen LogP contribution in [-0.4, -0.2) is 5.11 Å². The SMILES string of the molecule is Oc1cc(Oc2ccccc2OS(F)(F)(F)(F)F)cc(Oc2ccccc2OS(F)(F)(F)(F)F)c1. The normalized spacial score (nSPS) is 16.2. The van der Waals surface area contributed by atoms with Crippen LogP contribution in [0.25, 0.3) is 0 Å². The molecule has 5 nitrogen and oxygen atoms in total. The van der Waals surface area contributed by atoms with Crippen LogP contribution in [-0.2, 0) is 0 Å². The molecule has 0 saturated carbocycles. The fraction of sp³-hybridized carbons (Fsp3) is 0. The maximum Gasteiger partial charge on any atom is 0.435 e. The van der Waals surface area contributed by atoms with Crippen molar-refractivity contribution in [2.24, 2.45) is 0 Å². The van der Waals surface area contributed by atoms with Gasteiger partial charge in [0.05, 0.1) is 0 Å². The molecule has 0 fully saturated rings. The summed E-state index contributed by atoms with van der Waals surface area (Å²) in [6.07, 6.45) is 0. The Labute approximate surface area is 190 Å². The lowest BCUT2D eigenvalue weighted by atomic mass is 10.2. The van der Waals surface area contributed by atoms with Gasteiger partial charge in [-0.1, -0.05) is 63.1 Å². The Morgan fingerprint density at radius 1 is 0.486 bits per heavy atom. The van der Waals surface area contributed by atoms with E-state index < -0.39 is 61.3 Å². The average molecular weight is 562 g/mol. The third kappa shape index (κ3) is 9.08. The van der Waals surface area contributed by atoms with Gasteiger partial charge in [0.2, 0.25) is 0 Å². The van der Waals surface area contributed by atoms with E-state index in [2.05, 4.69) is 8.37 Å². The maximum absolute atomic E-state index is 12.7. The summed E-state index contributed by atoms with van der Waals surface area (Å²) < 4.78 is 143. The molecule has 35 heavy (non-hydrogen) atoms. The minimum atomic E-state index is -10.4. The second-order valence-corrected chi connectivity index (χ2v) is 10.6. The zero-order valence-corrected chi connectivity index (χ0v) is 18.2. The van der Waals surface area contributed by atoms with Crippen LogP contribution in [0.15, 0.2) is 66.7 Å². The minimum absolute atomic E-state index is 0.515. The first-order chi connectivity index (χ1) is 15.4. The molecule has 1 N–H and O–H groups in total. The Hall–Kier alpha value is -3.34. The summed E-state index contributed by atoms with van der Waals surface area (Å²) >= 11 is 0. The van der Waals surface area contributed by atoms with E-state index in [1.54, 1.807) is 0 Å². The summed E-state index contributed by atoms with van der Waals surface area (Å²) in [5, 5.41) is 9.81. The lowest BCUT2D eigenvalue weighted by Crippen LogP contribution is -2.14. The smallest absolute Gasteiger partial charge is 0.435 e. The van der Waals surface area contributed by atoms with Gasteiger partial charge in [0, 0.05) is 18.2 Å². The molecule has 3 rings (SSSR count). The molecule has 0 heterocycles. The van der Waals surface area contributed by atoms with Gasteiger partial charge in [0.25, 0.3) is 0 Å². The molecule has 0 saturated heterocycles. The van der Waals surface area contributed by atoms with Crippen molar-refractivity contribution < 1.29 is 61.8 Å². The second-order valence-electron chi connectivity index (χ2n) is 6.72. The molecule has 0 spiro atoms. The highest BCUT2D eigenvalue weighted by molar-refractivity contribution is 8.42. The van der Waals surface area contributed by atoms with Crippen LogP contribution in [0.2, 0.25) is 0 Å². The molecule has 0 aliphatic rings. The molecular weight excluding hydrogens is 550 g/mol. The lowest BCUT2D eigenvalue weighted by molar-refractivity contribution is 0.236. The van der Waals surface area contributed by atoms with E-state index in [0.717, 1.165) is 54.6 Å². The molecule has 3 aromatic carbocycles. The molecule has 0 aromatic heterocycles. The molecule has 0 bridgehead atoms.